The second kappa shape index (κ2) is 8.96. The number of carbonyl (C=O) groups excluding carboxylic acids is 2. The molecular weight excluding hydrogens is 432 g/mol. The molecule has 3 aromatic rings. The lowest BCUT2D eigenvalue weighted by molar-refractivity contribution is -0.384. The Balaban J connectivity index is 1.60. The van der Waals surface area contributed by atoms with Gasteiger partial charge in [-0.15, -0.1) is 11.3 Å². The number of thiophene rings is 1. The Morgan fingerprint density at radius 2 is 1.97 bits per heavy atom. The first-order valence-corrected chi connectivity index (χ1v) is 11.2. The van der Waals surface area contributed by atoms with E-state index in [4.69, 9.17) is 9.15 Å². The van der Waals surface area contributed by atoms with Crippen molar-refractivity contribution in [2.45, 2.75) is 45.6 Å². The molecule has 1 N–H and O–H groups in total. The zero-order valence-electron chi connectivity index (χ0n) is 17.7. The summed E-state index contributed by atoms with van der Waals surface area (Å²) in [6.45, 7) is 3.57. The summed E-state index contributed by atoms with van der Waals surface area (Å²) in [4.78, 5) is 37.3. The van der Waals surface area contributed by atoms with E-state index in [0.717, 1.165) is 36.1 Å². The summed E-state index contributed by atoms with van der Waals surface area (Å²) >= 11 is 1.40. The summed E-state index contributed by atoms with van der Waals surface area (Å²) in [6.07, 6.45) is 3.42. The zero-order chi connectivity index (χ0) is 22.8. The van der Waals surface area contributed by atoms with Gasteiger partial charge < -0.3 is 14.5 Å². The molecule has 1 aromatic carbocycles. The molecule has 1 aliphatic carbocycles. The summed E-state index contributed by atoms with van der Waals surface area (Å²) < 4.78 is 11.1. The van der Waals surface area contributed by atoms with Gasteiger partial charge in [-0.3, -0.25) is 14.9 Å². The second-order valence-electron chi connectivity index (χ2n) is 7.79. The van der Waals surface area contributed by atoms with Gasteiger partial charge in [0.1, 0.15) is 10.8 Å². The minimum atomic E-state index is -0.501. The Morgan fingerprint density at radius 1 is 1.19 bits per heavy atom. The maximum atomic E-state index is 12.9. The summed E-state index contributed by atoms with van der Waals surface area (Å²) in [5.41, 5.74) is 1.81. The minimum absolute atomic E-state index is 0.0426. The molecule has 32 heavy (non-hydrogen) atoms. The van der Waals surface area contributed by atoms with E-state index in [1.54, 1.807) is 32.0 Å². The molecule has 9 heteroatoms. The van der Waals surface area contributed by atoms with Crippen molar-refractivity contribution in [2.24, 2.45) is 0 Å². The van der Waals surface area contributed by atoms with Gasteiger partial charge in [0.25, 0.3) is 11.6 Å². The van der Waals surface area contributed by atoms with Gasteiger partial charge in [-0.1, -0.05) is 12.1 Å². The molecule has 0 bridgehead atoms. The van der Waals surface area contributed by atoms with Crippen molar-refractivity contribution in [3.05, 3.63) is 68.3 Å². The molecule has 1 aliphatic rings. The van der Waals surface area contributed by atoms with Crippen LogP contribution >= 0.6 is 11.3 Å². The number of esters is 1. The Hall–Kier alpha value is -3.46. The van der Waals surface area contributed by atoms with Crippen LogP contribution in [0.3, 0.4) is 0 Å². The van der Waals surface area contributed by atoms with Gasteiger partial charge in [-0.2, -0.15) is 0 Å². The number of hydrogen-bond acceptors (Lipinski definition) is 7. The largest absolute Gasteiger partial charge is 0.459 e. The van der Waals surface area contributed by atoms with Gasteiger partial charge in [0.15, 0.2) is 5.76 Å². The van der Waals surface area contributed by atoms with Crippen LogP contribution in [-0.2, 0) is 17.6 Å². The molecule has 0 saturated heterocycles. The van der Waals surface area contributed by atoms with E-state index in [1.807, 2.05) is 0 Å². The van der Waals surface area contributed by atoms with E-state index in [-0.39, 0.29) is 17.6 Å². The number of ether oxygens (including phenoxy) is 1. The van der Waals surface area contributed by atoms with E-state index >= 15 is 0 Å². The highest BCUT2D eigenvalue weighted by Crippen LogP contribution is 2.39. The molecule has 0 unspecified atom stereocenters. The Bertz CT molecular complexity index is 1190. The third-order valence-corrected chi connectivity index (χ3v) is 6.32. The fourth-order valence-corrected chi connectivity index (χ4v) is 4.97. The molecule has 0 atom stereocenters. The number of rotatable bonds is 6. The topological polar surface area (TPSA) is 112 Å². The van der Waals surface area contributed by atoms with Gasteiger partial charge in [0, 0.05) is 22.6 Å². The number of nitro groups is 1. The molecule has 0 fully saturated rings. The van der Waals surface area contributed by atoms with Crippen LogP contribution in [0.2, 0.25) is 0 Å². The maximum Gasteiger partial charge on any atom is 0.341 e. The van der Waals surface area contributed by atoms with Crippen molar-refractivity contribution in [1.29, 1.82) is 0 Å². The highest BCUT2D eigenvalue weighted by molar-refractivity contribution is 7.17. The van der Waals surface area contributed by atoms with Crippen LogP contribution in [0.25, 0.3) is 11.3 Å². The number of furan rings is 1. The van der Waals surface area contributed by atoms with Crippen molar-refractivity contribution >= 4 is 33.9 Å². The highest BCUT2D eigenvalue weighted by atomic mass is 32.1. The second-order valence-corrected chi connectivity index (χ2v) is 8.90. The standard InChI is InChI=1S/C23H22N2O6S/c1-13(2)30-23(27)20-16-8-3-4-9-19(16)32-22(20)24-21(26)18-11-10-17(31-18)14-6-5-7-15(12-14)25(28)29/h5-7,10-13H,3-4,8-9H2,1-2H3,(H,24,26). The average molecular weight is 455 g/mol. The van der Waals surface area contributed by atoms with Crippen LogP contribution in [0.15, 0.2) is 40.8 Å². The number of nitrogens with zero attached hydrogens (tertiary/aromatic N) is 1. The molecule has 8 nitrogen and oxygen atoms in total. The number of non-ortho nitro benzene ring substituents is 1. The van der Waals surface area contributed by atoms with E-state index < -0.39 is 16.8 Å². The summed E-state index contributed by atoms with van der Waals surface area (Å²) in [7, 11) is 0. The number of aryl methyl sites for hydroxylation is 1. The first kappa shape index (κ1) is 21.8. The lowest BCUT2D eigenvalue weighted by Gasteiger charge is -2.14. The van der Waals surface area contributed by atoms with E-state index in [2.05, 4.69) is 5.32 Å². The van der Waals surface area contributed by atoms with Gasteiger partial charge >= 0.3 is 5.97 Å². The van der Waals surface area contributed by atoms with Gasteiger partial charge in [-0.05, 0) is 57.2 Å². The van der Waals surface area contributed by atoms with Gasteiger partial charge in [0.05, 0.1) is 16.6 Å². The predicted molar refractivity (Wildman–Crippen MR) is 120 cm³/mol. The number of carbonyl (C=O) groups is 2. The lowest BCUT2D eigenvalue weighted by atomic mass is 9.95. The summed E-state index contributed by atoms with van der Waals surface area (Å²) in [5.74, 6) is -0.560. The molecule has 0 saturated carbocycles. The van der Waals surface area contributed by atoms with Crippen LogP contribution in [0.5, 0.6) is 0 Å². The number of benzene rings is 1. The molecule has 166 valence electrons. The molecule has 0 radical (unpaired) electrons. The third kappa shape index (κ3) is 4.43. The first-order chi connectivity index (χ1) is 15.3. The molecule has 0 spiro atoms. The molecule has 2 aromatic heterocycles. The molecule has 4 rings (SSSR count). The predicted octanol–water partition coefficient (Wildman–Crippen LogP) is 5.61. The van der Waals surface area contributed by atoms with Gasteiger partial charge in [0.2, 0.25) is 0 Å². The van der Waals surface area contributed by atoms with Gasteiger partial charge in [-0.25, -0.2) is 4.79 Å². The highest BCUT2D eigenvalue weighted by Gasteiger charge is 2.28. The fourth-order valence-electron chi connectivity index (χ4n) is 3.70. The number of amides is 1. The summed E-state index contributed by atoms with van der Waals surface area (Å²) in [5, 5.41) is 14.3. The van der Waals surface area contributed by atoms with Crippen molar-refractivity contribution in [2.75, 3.05) is 5.32 Å². The van der Waals surface area contributed by atoms with Crippen LogP contribution in [0.4, 0.5) is 10.7 Å². The minimum Gasteiger partial charge on any atom is -0.459 e. The molecule has 1 amide bonds. The smallest absolute Gasteiger partial charge is 0.341 e. The molecule has 2 heterocycles. The number of nitrogens with one attached hydrogen (secondary N) is 1. The van der Waals surface area contributed by atoms with E-state index in [0.29, 0.717) is 21.9 Å². The maximum absolute atomic E-state index is 12.9. The Morgan fingerprint density at radius 3 is 2.72 bits per heavy atom. The van der Waals surface area contributed by atoms with Crippen molar-refractivity contribution in [1.82, 2.24) is 0 Å². The summed E-state index contributed by atoms with van der Waals surface area (Å²) in [6, 6.07) is 9.08. The van der Waals surface area contributed by atoms with Crippen LogP contribution in [0.1, 0.15) is 58.0 Å². The number of hydrogen-bond donors (Lipinski definition) is 1. The average Bonchev–Trinajstić information content (AvgIpc) is 3.38. The van der Waals surface area contributed by atoms with Crippen molar-refractivity contribution in [3.8, 4) is 11.3 Å². The van der Waals surface area contributed by atoms with Crippen molar-refractivity contribution in [3.63, 3.8) is 0 Å². The monoisotopic (exact) mass is 454 g/mol. The van der Waals surface area contributed by atoms with Crippen LogP contribution in [-0.4, -0.2) is 22.9 Å². The fraction of sp³-hybridized carbons (Fsp3) is 0.304. The SMILES string of the molecule is CC(C)OC(=O)c1c(NC(=O)c2ccc(-c3cccc([N+](=O)[O-])c3)o2)sc2c1CCCC2. The van der Waals surface area contributed by atoms with E-state index in [9.17, 15) is 19.7 Å². The molecule has 0 aliphatic heterocycles. The number of nitro benzene ring substituents is 1. The Labute approximate surface area is 188 Å². The van der Waals surface area contributed by atoms with Crippen molar-refractivity contribution < 1.29 is 23.7 Å². The van der Waals surface area contributed by atoms with Crippen LogP contribution in [0, 0.1) is 10.1 Å². The normalized spacial score (nSPS) is 13.0. The van der Waals surface area contributed by atoms with E-state index in [1.165, 1.54) is 29.5 Å². The quantitative estimate of drug-likeness (QED) is 0.294. The molecular formula is C23H22N2O6S. The zero-order valence-corrected chi connectivity index (χ0v) is 18.5. The third-order valence-electron chi connectivity index (χ3n) is 5.12. The first-order valence-electron chi connectivity index (χ1n) is 10.3. The number of fused-ring (bicyclic) bond motifs is 1. The Kier molecular flexibility index (Phi) is 6.09. The number of anilines is 1. The van der Waals surface area contributed by atoms with Crippen LogP contribution < -0.4 is 5.32 Å². The lowest BCUT2D eigenvalue weighted by Crippen LogP contribution is -2.17.